The van der Waals surface area contributed by atoms with E-state index in [9.17, 15) is 19.2 Å². The zero-order chi connectivity index (χ0) is 24.4. The Labute approximate surface area is 187 Å². The van der Waals surface area contributed by atoms with Gasteiger partial charge in [0.15, 0.2) is 18.0 Å². The number of hydrogen-bond donors (Lipinski definition) is 0. The van der Waals surface area contributed by atoms with Gasteiger partial charge >= 0.3 is 24.0 Å². The maximum Gasteiger partial charge on any atom is 0.410 e. The van der Waals surface area contributed by atoms with Crippen LogP contribution in [-0.4, -0.2) is 84.4 Å². The van der Waals surface area contributed by atoms with Crippen molar-refractivity contribution in [1.29, 1.82) is 0 Å². The molecule has 2 heterocycles. The summed E-state index contributed by atoms with van der Waals surface area (Å²) in [5.74, 6) is -3.02. The van der Waals surface area contributed by atoms with Crippen molar-refractivity contribution in [1.82, 2.24) is 4.90 Å². The molecule has 11 heteroatoms. The van der Waals surface area contributed by atoms with Crippen LogP contribution in [0.15, 0.2) is 0 Å². The van der Waals surface area contributed by atoms with E-state index in [4.69, 9.17) is 28.4 Å². The molecular weight excluding hydrogens is 426 g/mol. The molecular formula is C21H33NO10. The minimum absolute atomic E-state index is 0.0937. The SMILES string of the molecule is COC(=O)C[C@H](OC(C)=O)[C@@H](OC(C)=O)[C@H]1[C@H]2OC(C)(C)O[C@H]2CN1C(=O)OC(C)(C)C. The van der Waals surface area contributed by atoms with Gasteiger partial charge in [-0.05, 0) is 34.6 Å². The standard InChI is InChI=1S/C21H33NO10/c1-11(23)28-13(9-15(25)27-8)17(29-12(2)24)16-18-14(30-21(6,7)31-18)10-22(16)19(26)32-20(3,4)5/h13-14,16-18H,9-10H2,1-8H3/t13-,14-,16-,17+,18-/m0/s1. The first-order valence-electron chi connectivity index (χ1n) is 10.4. The number of esters is 3. The highest BCUT2D eigenvalue weighted by Crippen LogP contribution is 2.40. The molecule has 2 rings (SSSR count). The molecule has 5 atom stereocenters. The van der Waals surface area contributed by atoms with Crippen LogP contribution in [0.4, 0.5) is 4.79 Å². The normalized spacial score (nSPS) is 26.0. The van der Waals surface area contributed by atoms with E-state index in [2.05, 4.69) is 0 Å². The topological polar surface area (TPSA) is 127 Å². The molecule has 1 amide bonds. The summed E-state index contributed by atoms with van der Waals surface area (Å²) in [6.07, 6.45) is -4.82. The number of likely N-dealkylation sites (tertiary alicyclic amines) is 1. The highest BCUT2D eigenvalue weighted by Gasteiger charge is 2.59. The molecule has 0 radical (unpaired) electrons. The second-order valence-corrected chi connectivity index (χ2v) is 9.26. The lowest BCUT2D eigenvalue weighted by Gasteiger charge is -2.37. The molecule has 0 N–H and O–H groups in total. The molecule has 2 aliphatic rings. The van der Waals surface area contributed by atoms with Crippen molar-refractivity contribution in [2.45, 2.75) is 96.7 Å². The lowest BCUT2D eigenvalue weighted by atomic mass is 9.97. The van der Waals surface area contributed by atoms with E-state index in [0.29, 0.717) is 0 Å². The number of carbonyl (C=O) groups excluding carboxylic acids is 4. The molecule has 0 aromatic heterocycles. The summed E-state index contributed by atoms with van der Waals surface area (Å²) in [5.41, 5.74) is -0.793. The molecule has 0 aromatic carbocycles. The molecule has 2 saturated heterocycles. The van der Waals surface area contributed by atoms with Crippen LogP contribution in [0.5, 0.6) is 0 Å². The Morgan fingerprint density at radius 1 is 1.06 bits per heavy atom. The predicted octanol–water partition coefficient (Wildman–Crippen LogP) is 1.55. The molecule has 182 valence electrons. The fourth-order valence-electron chi connectivity index (χ4n) is 3.91. The first-order valence-corrected chi connectivity index (χ1v) is 10.4. The molecule has 0 bridgehead atoms. The molecule has 0 saturated carbocycles. The third-order valence-electron chi connectivity index (χ3n) is 4.84. The summed E-state index contributed by atoms with van der Waals surface area (Å²) in [7, 11) is 1.18. The summed E-state index contributed by atoms with van der Waals surface area (Å²) >= 11 is 0. The van der Waals surface area contributed by atoms with Gasteiger partial charge in [-0.1, -0.05) is 0 Å². The van der Waals surface area contributed by atoms with Crippen LogP contribution in [-0.2, 0) is 42.8 Å². The minimum Gasteiger partial charge on any atom is -0.469 e. The van der Waals surface area contributed by atoms with Crippen molar-refractivity contribution in [2.75, 3.05) is 13.7 Å². The van der Waals surface area contributed by atoms with E-state index >= 15 is 0 Å². The van der Waals surface area contributed by atoms with Crippen molar-refractivity contribution in [3.63, 3.8) is 0 Å². The average Bonchev–Trinajstić information content (AvgIpc) is 3.08. The third-order valence-corrected chi connectivity index (χ3v) is 4.84. The van der Waals surface area contributed by atoms with Gasteiger partial charge in [0.25, 0.3) is 0 Å². The summed E-state index contributed by atoms with van der Waals surface area (Å²) in [6.45, 7) is 11.0. The van der Waals surface area contributed by atoms with Crippen LogP contribution in [0.25, 0.3) is 0 Å². The fourth-order valence-corrected chi connectivity index (χ4v) is 3.91. The maximum absolute atomic E-state index is 13.0. The van der Waals surface area contributed by atoms with E-state index in [1.54, 1.807) is 34.6 Å². The fraction of sp³-hybridized carbons (Fsp3) is 0.810. The number of amides is 1. The minimum atomic E-state index is -1.24. The van der Waals surface area contributed by atoms with Crippen molar-refractivity contribution in [3.8, 4) is 0 Å². The van der Waals surface area contributed by atoms with Gasteiger partial charge in [0.05, 0.1) is 20.1 Å². The van der Waals surface area contributed by atoms with Crippen LogP contribution in [0.2, 0.25) is 0 Å². The average molecular weight is 459 g/mol. The summed E-state index contributed by atoms with van der Waals surface area (Å²) < 4.78 is 33.0. The first kappa shape index (κ1) is 25.9. The largest absolute Gasteiger partial charge is 0.469 e. The number of fused-ring (bicyclic) bond motifs is 1. The monoisotopic (exact) mass is 459 g/mol. The van der Waals surface area contributed by atoms with E-state index in [0.717, 1.165) is 6.92 Å². The molecule has 11 nitrogen and oxygen atoms in total. The highest BCUT2D eigenvalue weighted by atomic mass is 16.8. The zero-order valence-corrected chi connectivity index (χ0v) is 19.8. The van der Waals surface area contributed by atoms with Gasteiger partial charge < -0.3 is 28.4 Å². The van der Waals surface area contributed by atoms with Crippen LogP contribution in [0.1, 0.15) is 54.9 Å². The van der Waals surface area contributed by atoms with Gasteiger partial charge in [0, 0.05) is 13.8 Å². The summed E-state index contributed by atoms with van der Waals surface area (Å²) in [4.78, 5) is 50.2. The lowest BCUT2D eigenvalue weighted by Crippen LogP contribution is -2.56. The van der Waals surface area contributed by atoms with Crippen LogP contribution < -0.4 is 0 Å². The molecule has 0 aromatic rings. The summed E-state index contributed by atoms with van der Waals surface area (Å²) in [5, 5.41) is 0. The van der Waals surface area contributed by atoms with Gasteiger partial charge in [-0.2, -0.15) is 0 Å². The van der Waals surface area contributed by atoms with E-state index in [1.807, 2.05) is 0 Å². The Morgan fingerprint density at radius 2 is 1.66 bits per heavy atom. The number of nitrogens with zero attached hydrogens (tertiary/aromatic N) is 1. The van der Waals surface area contributed by atoms with Crippen molar-refractivity contribution in [2.24, 2.45) is 0 Å². The highest BCUT2D eigenvalue weighted by molar-refractivity contribution is 5.73. The van der Waals surface area contributed by atoms with Crippen molar-refractivity contribution in [3.05, 3.63) is 0 Å². The molecule has 0 unspecified atom stereocenters. The molecule has 2 aliphatic heterocycles. The van der Waals surface area contributed by atoms with Crippen molar-refractivity contribution >= 4 is 24.0 Å². The molecule has 0 aliphatic carbocycles. The van der Waals surface area contributed by atoms with E-state index in [1.165, 1.54) is 18.9 Å². The van der Waals surface area contributed by atoms with E-state index < -0.39 is 72.3 Å². The quantitative estimate of drug-likeness (QED) is 0.426. The van der Waals surface area contributed by atoms with Crippen molar-refractivity contribution < 1.29 is 47.6 Å². The van der Waals surface area contributed by atoms with Crippen LogP contribution in [0.3, 0.4) is 0 Å². The lowest BCUT2D eigenvalue weighted by molar-refractivity contribution is -0.188. The number of rotatable bonds is 6. The number of ether oxygens (including phenoxy) is 6. The number of methoxy groups -OCH3 is 1. The van der Waals surface area contributed by atoms with Gasteiger partial charge in [0.2, 0.25) is 0 Å². The Hall–Kier alpha value is -2.40. The van der Waals surface area contributed by atoms with Crippen LogP contribution >= 0.6 is 0 Å². The van der Waals surface area contributed by atoms with Crippen LogP contribution in [0, 0.1) is 0 Å². The smallest absolute Gasteiger partial charge is 0.410 e. The van der Waals surface area contributed by atoms with Gasteiger partial charge in [0.1, 0.15) is 23.9 Å². The zero-order valence-electron chi connectivity index (χ0n) is 19.8. The van der Waals surface area contributed by atoms with Gasteiger partial charge in [-0.3, -0.25) is 19.3 Å². The Morgan fingerprint density at radius 3 is 2.16 bits per heavy atom. The second kappa shape index (κ2) is 9.62. The first-order chi connectivity index (χ1) is 14.6. The molecule has 32 heavy (non-hydrogen) atoms. The Kier molecular flexibility index (Phi) is 7.77. The number of hydrogen-bond acceptors (Lipinski definition) is 10. The van der Waals surface area contributed by atoms with E-state index in [-0.39, 0.29) is 6.54 Å². The Balaban J connectivity index is 2.49. The molecule has 2 fully saturated rings. The Bertz CT molecular complexity index is 743. The maximum atomic E-state index is 13.0. The number of carbonyl (C=O) groups is 4. The molecule has 0 spiro atoms. The van der Waals surface area contributed by atoms with Gasteiger partial charge in [-0.15, -0.1) is 0 Å². The van der Waals surface area contributed by atoms with Gasteiger partial charge in [-0.25, -0.2) is 4.79 Å². The predicted molar refractivity (Wildman–Crippen MR) is 108 cm³/mol. The summed E-state index contributed by atoms with van der Waals surface area (Å²) in [6, 6.07) is -0.950. The second-order valence-electron chi connectivity index (χ2n) is 9.26. The third kappa shape index (κ3) is 6.55.